The Morgan fingerprint density at radius 3 is 2.76 bits per heavy atom. The summed E-state index contributed by atoms with van der Waals surface area (Å²) in [5.41, 5.74) is 1.42. The molecule has 1 aromatic carbocycles. The molecule has 2 aromatic heterocycles. The molecule has 108 valence electrons. The van der Waals surface area contributed by atoms with Crippen LogP contribution in [0, 0.1) is 0 Å². The lowest BCUT2D eigenvalue weighted by atomic mass is 9.91. The van der Waals surface area contributed by atoms with Crippen molar-refractivity contribution >= 4 is 22.1 Å². The van der Waals surface area contributed by atoms with Crippen LogP contribution in [0.3, 0.4) is 0 Å². The summed E-state index contributed by atoms with van der Waals surface area (Å²) >= 11 is 1.83. The van der Waals surface area contributed by atoms with Crippen LogP contribution in [0.5, 0.6) is 0 Å². The van der Waals surface area contributed by atoms with Gasteiger partial charge in [0.2, 0.25) is 0 Å². The van der Waals surface area contributed by atoms with Gasteiger partial charge in [0.05, 0.1) is 0 Å². The normalized spacial score (nSPS) is 11.9. The van der Waals surface area contributed by atoms with Crippen molar-refractivity contribution in [3.05, 3.63) is 64.6 Å². The van der Waals surface area contributed by atoms with E-state index in [2.05, 4.69) is 65.9 Å². The van der Waals surface area contributed by atoms with Crippen molar-refractivity contribution in [2.75, 3.05) is 6.54 Å². The van der Waals surface area contributed by atoms with E-state index in [0.717, 1.165) is 13.1 Å². The van der Waals surface area contributed by atoms with Gasteiger partial charge in [-0.25, -0.2) is 0 Å². The SMILES string of the molecule is CC(C)(CNCc1cncc2ccccc12)c1cccs1. The Morgan fingerprint density at radius 1 is 1.10 bits per heavy atom. The number of fused-ring (bicyclic) bond motifs is 1. The molecule has 0 saturated carbocycles. The zero-order valence-corrected chi connectivity index (χ0v) is 13.3. The highest BCUT2D eigenvalue weighted by molar-refractivity contribution is 7.10. The fraction of sp³-hybridized carbons (Fsp3) is 0.278. The van der Waals surface area contributed by atoms with Gasteiger partial charge in [-0.15, -0.1) is 11.3 Å². The minimum Gasteiger partial charge on any atom is -0.312 e. The van der Waals surface area contributed by atoms with Crippen LogP contribution >= 0.6 is 11.3 Å². The molecule has 0 aliphatic heterocycles. The predicted molar refractivity (Wildman–Crippen MR) is 90.8 cm³/mol. The zero-order chi connectivity index (χ0) is 14.7. The molecule has 0 fully saturated rings. The number of benzene rings is 1. The van der Waals surface area contributed by atoms with E-state index in [1.165, 1.54) is 21.2 Å². The lowest BCUT2D eigenvalue weighted by molar-refractivity contribution is 0.477. The summed E-state index contributed by atoms with van der Waals surface area (Å²) in [7, 11) is 0. The van der Waals surface area contributed by atoms with E-state index in [9.17, 15) is 0 Å². The predicted octanol–water partition coefficient (Wildman–Crippen LogP) is 4.36. The lowest BCUT2D eigenvalue weighted by Gasteiger charge is -2.24. The van der Waals surface area contributed by atoms with E-state index in [-0.39, 0.29) is 5.41 Å². The van der Waals surface area contributed by atoms with Gasteiger partial charge < -0.3 is 5.32 Å². The lowest BCUT2D eigenvalue weighted by Crippen LogP contribution is -2.31. The maximum absolute atomic E-state index is 4.34. The van der Waals surface area contributed by atoms with Crippen LogP contribution in [0.2, 0.25) is 0 Å². The molecule has 1 N–H and O–H groups in total. The van der Waals surface area contributed by atoms with Crippen LogP contribution in [0.1, 0.15) is 24.3 Å². The van der Waals surface area contributed by atoms with Gasteiger partial charge in [-0.05, 0) is 22.4 Å². The number of pyridine rings is 1. The first-order valence-electron chi connectivity index (χ1n) is 7.23. The molecule has 2 nitrogen and oxygen atoms in total. The van der Waals surface area contributed by atoms with Crippen LogP contribution in [0.4, 0.5) is 0 Å². The van der Waals surface area contributed by atoms with E-state index in [0.29, 0.717) is 0 Å². The van der Waals surface area contributed by atoms with Crippen molar-refractivity contribution in [2.45, 2.75) is 25.8 Å². The van der Waals surface area contributed by atoms with Crippen molar-refractivity contribution in [1.29, 1.82) is 0 Å². The maximum atomic E-state index is 4.34. The summed E-state index contributed by atoms with van der Waals surface area (Å²) in [4.78, 5) is 5.76. The van der Waals surface area contributed by atoms with Gasteiger partial charge in [-0.3, -0.25) is 4.98 Å². The molecular formula is C18H20N2S. The third-order valence-corrected chi connectivity index (χ3v) is 5.06. The maximum Gasteiger partial charge on any atom is 0.0346 e. The standard InChI is InChI=1S/C18H20N2S/c1-18(2,17-8-5-9-21-17)13-20-12-15-11-19-10-14-6-3-4-7-16(14)15/h3-11,20H,12-13H2,1-2H3. The molecule has 0 aliphatic carbocycles. The molecule has 3 aromatic rings. The van der Waals surface area contributed by atoms with Crippen molar-refractivity contribution in [2.24, 2.45) is 0 Å². The van der Waals surface area contributed by atoms with Gasteiger partial charge >= 0.3 is 0 Å². The molecule has 0 radical (unpaired) electrons. The summed E-state index contributed by atoms with van der Waals surface area (Å²) in [6, 6.07) is 12.8. The summed E-state index contributed by atoms with van der Waals surface area (Å²) in [6.07, 6.45) is 3.89. The third-order valence-electron chi connectivity index (χ3n) is 3.82. The second kappa shape index (κ2) is 5.96. The van der Waals surface area contributed by atoms with E-state index in [1.54, 1.807) is 0 Å². The van der Waals surface area contributed by atoms with E-state index < -0.39 is 0 Å². The second-order valence-electron chi connectivity index (χ2n) is 5.98. The minimum absolute atomic E-state index is 0.159. The first kappa shape index (κ1) is 14.2. The highest BCUT2D eigenvalue weighted by atomic mass is 32.1. The Balaban J connectivity index is 1.70. The average Bonchev–Trinajstić information content (AvgIpc) is 3.02. The molecule has 0 spiro atoms. The molecule has 3 heteroatoms. The molecule has 0 atom stereocenters. The van der Waals surface area contributed by atoms with Crippen molar-refractivity contribution in [3.8, 4) is 0 Å². The highest BCUT2D eigenvalue weighted by Crippen LogP contribution is 2.26. The number of hydrogen-bond acceptors (Lipinski definition) is 3. The van der Waals surface area contributed by atoms with Crippen LogP contribution < -0.4 is 5.32 Å². The molecule has 0 aliphatic rings. The Morgan fingerprint density at radius 2 is 1.95 bits per heavy atom. The third kappa shape index (κ3) is 3.14. The molecule has 0 amide bonds. The Hall–Kier alpha value is -1.71. The van der Waals surface area contributed by atoms with E-state index >= 15 is 0 Å². The van der Waals surface area contributed by atoms with Crippen LogP contribution in [0.15, 0.2) is 54.2 Å². The highest BCUT2D eigenvalue weighted by Gasteiger charge is 2.21. The van der Waals surface area contributed by atoms with Crippen LogP contribution in [-0.2, 0) is 12.0 Å². The van der Waals surface area contributed by atoms with Crippen LogP contribution in [-0.4, -0.2) is 11.5 Å². The summed E-state index contributed by atoms with van der Waals surface area (Å²) < 4.78 is 0. The van der Waals surface area contributed by atoms with E-state index in [1.807, 2.05) is 23.7 Å². The van der Waals surface area contributed by atoms with Gasteiger partial charge in [0, 0.05) is 41.2 Å². The quantitative estimate of drug-likeness (QED) is 0.756. The minimum atomic E-state index is 0.159. The fourth-order valence-electron chi connectivity index (χ4n) is 2.58. The number of rotatable bonds is 5. The molecule has 0 bridgehead atoms. The summed E-state index contributed by atoms with van der Waals surface area (Å²) in [6.45, 7) is 6.38. The molecule has 0 saturated heterocycles. The monoisotopic (exact) mass is 296 g/mol. The van der Waals surface area contributed by atoms with Gasteiger partial charge in [0.1, 0.15) is 0 Å². The zero-order valence-electron chi connectivity index (χ0n) is 12.5. The molecule has 21 heavy (non-hydrogen) atoms. The Kier molecular flexibility index (Phi) is 4.04. The number of nitrogens with one attached hydrogen (secondary N) is 1. The Labute approximate surface area is 129 Å². The van der Waals surface area contributed by atoms with E-state index in [4.69, 9.17) is 0 Å². The van der Waals surface area contributed by atoms with Gasteiger partial charge in [0.25, 0.3) is 0 Å². The molecule has 0 unspecified atom stereocenters. The second-order valence-corrected chi connectivity index (χ2v) is 6.93. The largest absolute Gasteiger partial charge is 0.312 e. The van der Waals surface area contributed by atoms with Crippen molar-refractivity contribution in [3.63, 3.8) is 0 Å². The first-order chi connectivity index (χ1) is 10.2. The topological polar surface area (TPSA) is 24.9 Å². The molecule has 2 heterocycles. The molecule has 3 rings (SSSR count). The van der Waals surface area contributed by atoms with Gasteiger partial charge in [-0.1, -0.05) is 44.2 Å². The summed E-state index contributed by atoms with van der Waals surface area (Å²) in [5, 5.41) is 8.22. The first-order valence-corrected chi connectivity index (χ1v) is 8.11. The number of thiophene rings is 1. The number of aromatic nitrogens is 1. The average molecular weight is 296 g/mol. The number of hydrogen-bond donors (Lipinski definition) is 1. The number of nitrogens with zero attached hydrogens (tertiary/aromatic N) is 1. The van der Waals surface area contributed by atoms with Crippen molar-refractivity contribution < 1.29 is 0 Å². The van der Waals surface area contributed by atoms with Gasteiger partial charge in [-0.2, -0.15) is 0 Å². The van der Waals surface area contributed by atoms with Gasteiger partial charge in [0.15, 0.2) is 0 Å². The fourth-order valence-corrected chi connectivity index (χ4v) is 3.43. The summed E-state index contributed by atoms with van der Waals surface area (Å²) in [5.74, 6) is 0. The smallest absolute Gasteiger partial charge is 0.0346 e. The van der Waals surface area contributed by atoms with Crippen molar-refractivity contribution in [1.82, 2.24) is 10.3 Å². The van der Waals surface area contributed by atoms with Crippen LogP contribution in [0.25, 0.3) is 10.8 Å². The Bertz CT molecular complexity index is 712. The molecular weight excluding hydrogens is 276 g/mol.